The second kappa shape index (κ2) is 11.0. The Morgan fingerprint density at radius 1 is 1.21 bits per heavy atom. The largest absolute Gasteiger partial charge is 0.497 e. The van der Waals surface area contributed by atoms with E-state index in [0.717, 1.165) is 46.9 Å². The minimum Gasteiger partial charge on any atom is -0.497 e. The first-order valence-corrected chi connectivity index (χ1v) is 13.3. The summed E-state index contributed by atoms with van der Waals surface area (Å²) in [5, 5.41) is 25.3. The van der Waals surface area contributed by atoms with Crippen molar-refractivity contribution in [2.24, 2.45) is 0 Å². The highest BCUT2D eigenvalue weighted by atomic mass is 32.2. The van der Waals surface area contributed by atoms with Crippen molar-refractivity contribution in [3.63, 3.8) is 0 Å². The molecule has 1 unspecified atom stereocenters. The molecule has 0 saturated heterocycles. The Kier molecular flexibility index (Phi) is 7.85. The number of aryl methyl sites for hydroxylation is 1. The molecule has 33 heavy (non-hydrogen) atoms. The Morgan fingerprint density at radius 3 is 2.76 bits per heavy atom. The molecular formula is C23H25N5O2S3. The van der Waals surface area contributed by atoms with Gasteiger partial charge >= 0.3 is 0 Å². The van der Waals surface area contributed by atoms with Gasteiger partial charge in [-0.1, -0.05) is 41.7 Å². The Bertz CT molecular complexity index is 1150. The second-order valence-electron chi connectivity index (χ2n) is 7.70. The van der Waals surface area contributed by atoms with Crippen LogP contribution in [0, 0.1) is 11.3 Å². The van der Waals surface area contributed by atoms with Crippen LogP contribution >= 0.6 is 34.4 Å². The molecular weight excluding hydrogens is 474 g/mol. The molecule has 1 atom stereocenters. The Hall–Kier alpha value is -2.61. The minimum absolute atomic E-state index is 0.129. The van der Waals surface area contributed by atoms with Gasteiger partial charge in [-0.3, -0.25) is 4.79 Å². The van der Waals surface area contributed by atoms with Crippen LogP contribution in [0.3, 0.4) is 0 Å². The number of aromatic nitrogens is 2. The zero-order valence-corrected chi connectivity index (χ0v) is 21.0. The van der Waals surface area contributed by atoms with Crippen LogP contribution in [-0.2, 0) is 24.2 Å². The van der Waals surface area contributed by atoms with E-state index < -0.39 is 0 Å². The number of hydrogen-bond acceptors (Lipinski definition) is 9. The van der Waals surface area contributed by atoms with E-state index in [2.05, 4.69) is 26.9 Å². The number of carbonyl (C=O) groups is 1. The number of carbonyl (C=O) groups excluding carboxylic acids is 1. The lowest BCUT2D eigenvalue weighted by Crippen LogP contribution is -2.22. The summed E-state index contributed by atoms with van der Waals surface area (Å²) in [7, 11) is 1.65. The standard InChI is InChI=1S/C23H25N5O2S3/c1-14(20(29)26-21-18(12-24)17-6-4-3-5-7-19(17)32-21)31-23-28-27-22(33-23)25-13-15-8-10-16(30-2)11-9-15/h8-11,14H,3-7,13H2,1-2H3,(H,25,27)(H,26,29). The van der Waals surface area contributed by atoms with Crippen LogP contribution < -0.4 is 15.4 Å². The summed E-state index contributed by atoms with van der Waals surface area (Å²) in [4.78, 5) is 14.1. The maximum absolute atomic E-state index is 12.8. The van der Waals surface area contributed by atoms with Crippen molar-refractivity contribution >= 4 is 50.5 Å². The quantitative estimate of drug-likeness (QED) is 0.313. The molecule has 3 aromatic rings. The molecule has 0 aliphatic heterocycles. The third kappa shape index (κ3) is 5.85. The number of benzene rings is 1. The van der Waals surface area contributed by atoms with E-state index in [-0.39, 0.29) is 11.2 Å². The van der Waals surface area contributed by atoms with Gasteiger partial charge < -0.3 is 15.4 Å². The van der Waals surface area contributed by atoms with Crippen molar-refractivity contribution in [2.45, 2.75) is 55.2 Å². The van der Waals surface area contributed by atoms with E-state index in [1.54, 1.807) is 18.4 Å². The van der Waals surface area contributed by atoms with E-state index in [9.17, 15) is 10.1 Å². The normalized spacial score (nSPS) is 14.0. The SMILES string of the molecule is COc1ccc(CNc2nnc(SC(C)C(=O)Nc3sc4c(c3C#N)CCCCC4)s2)cc1. The number of thiophene rings is 1. The number of hydrogen-bond donors (Lipinski definition) is 2. The third-order valence-electron chi connectivity index (χ3n) is 5.43. The van der Waals surface area contributed by atoms with Gasteiger partial charge in [0.1, 0.15) is 16.8 Å². The van der Waals surface area contributed by atoms with Crippen LogP contribution in [-0.4, -0.2) is 28.5 Å². The fourth-order valence-electron chi connectivity index (χ4n) is 3.62. The summed E-state index contributed by atoms with van der Waals surface area (Å²) >= 11 is 4.34. The summed E-state index contributed by atoms with van der Waals surface area (Å²) in [6, 6.07) is 10.1. The summed E-state index contributed by atoms with van der Waals surface area (Å²) < 4.78 is 5.90. The summed E-state index contributed by atoms with van der Waals surface area (Å²) in [6.07, 6.45) is 5.35. The summed E-state index contributed by atoms with van der Waals surface area (Å²) in [5.74, 6) is 0.691. The highest BCUT2D eigenvalue weighted by Gasteiger charge is 2.23. The number of amides is 1. The molecule has 172 valence electrons. The van der Waals surface area contributed by atoms with E-state index in [0.29, 0.717) is 22.2 Å². The van der Waals surface area contributed by atoms with E-state index >= 15 is 0 Å². The number of nitrogens with zero attached hydrogens (tertiary/aromatic N) is 3. The predicted molar refractivity (Wildman–Crippen MR) is 134 cm³/mol. The van der Waals surface area contributed by atoms with E-state index in [4.69, 9.17) is 4.74 Å². The zero-order chi connectivity index (χ0) is 23.2. The Labute approximate surface area is 205 Å². The highest BCUT2D eigenvalue weighted by molar-refractivity contribution is 8.02. The van der Waals surface area contributed by atoms with Crippen LogP contribution in [0.5, 0.6) is 5.75 Å². The van der Waals surface area contributed by atoms with Gasteiger partial charge in [0.2, 0.25) is 11.0 Å². The van der Waals surface area contributed by atoms with Crippen molar-refractivity contribution < 1.29 is 9.53 Å². The van der Waals surface area contributed by atoms with Crippen molar-refractivity contribution in [1.82, 2.24) is 10.2 Å². The number of nitriles is 1. The van der Waals surface area contributed by atoms with Gasteiger partial charge in [0, 0.05) is 11.4 Å². The van der Waals surface area contributed by atoms with Gasteiger partial charge in [0.25, 0.3) is 0 Å². The van der Waals surface area contributed by atoms with Gasteiger partial charge in [-0.25, -0.2) is 0 Å². The monoisotopic (exact) mass is 499 g/mol. The Balaban J connectivity index is 1.33. The molecule has 0 fully saturated rings. The number of rotatable bonds is 8. The number of anilines is 2. The van der Waals surface area contributed by atoms with Crippen LogP contribution in [0.4, 0.5) is 10.1 Å². The predicted octanol–water partition coefficient (Wildman–Crippen LogP) is 5.48. The molecule has 0 spiro atoms. The smallest absolute Gasteiger partial charge is 0.238 e. The number of thioether (sulfide) groups is 1. The first-order valence-electron chi connectivity index (χ1n) is 10.8. The molecule has 1 amide bonds. The van der Waals surface area contributed by atoms with Gasteiger partial charge in [0.15, 0.2) is 4.34 Å². The number of methoxy groups -OCH3 is 1. The molecule has 1 aliphatic rings. The van der Waals surface area contributed by atoms with Crippen LogP contribution in [0.1, 0.15) is 47.8 Å². The molecule has 0 radical (unpaired) electrons. The third-order valence-corrected chi connectivity index (χ3v) is 8.70. The summed E-state index contributed by atoms with van der Waals surface area (Å²) in [6.45, 7) is 2.47. The molecule has 1 aliphatic carbocycles. The van der Waals surface area contributed by atoms with Crippen LogP contribution in [0.25, 0.3) is 0 Å². The van der Waals surface area contributed by atoms with Gasteiger partial charge in [-0.15, -0.1) is 21.5 Å². The van der Waals surface area contributed by atoms with Crippen molar-refractivity contribution in [2.75, 3.05) is 17.7 Å². The molecule has 4 rings (SSSR count). The lowest BCUT2D eigenvalue weighted by Gasteiger charge is -2.09. The molecule has 0 saturated carbocycles. The first-order chi connectivity index (χ1) is 16.1. The molecule has 0 bridgehead atoms. The molecule has 2 N–H and O–H groups in total. The average Bonchev–Trinajstić information content (AvgIpc) is 3.33. The Morgan fingerprint density at radius 2 is 2.00 bits per heavy atom. The minimum atomic E-state index is -0.360. The number of fused-ring (bicyclic) bond motifs is 1. The summed E-state index contributed by atoms with van der Waals surface area (Å²) in [5.41, 5.74) is 2.88. The second-order valence-corrected chi connectivity index (χ2v) is 11.4. The highest BCUT2D eigenvalue weighted by Crippen LogP contribution is 2.37. The zero-order valence-electron chi connectivity index (χ0n) is 18.5. The lowest BCUT2D eigenvalue weighted by molar-refractivity contribution is -0.115. The molecule has 2 heterocycles. The van der Waals surface area contributed by atoms with Crippen molar-refractivity contribution in [1.29, 1.82) is 5.26 Å². The first kappa shape index (κ1) is 23.5. The van der Waals surface area contributed by atoms with E-state index in [1.165, 1.54) is 34.4 Å². The topological polar surface area (TPSA) is 99.9 Å². The number of nitrogens with one attached hydrogen (secondary N) is 2. The molecule has 1 aromatic carbocycles. The van der Waals surface area contributed by atoms with Gasteiger partial charge in [-0.2, -0.15) is 5.26 Å². The number of ether oxygens (including phenoxy) is 1. The lowest BCUT2D eigenvalue weighted by atomic mass is 10.1. The molecule has 10 heteroatoms. The maximum atomic E-state index is 12.8. The van der Waals surface area contributed by atoms with Crippen molar-refractivity contribution in [3.8, 4) is 11.8 Å². The average molecular weight is 500 g/mol. The fourth-order valence-corrected chi connectivity index (χ4v) is 6.75. The molecule has 2 aromatic heterocycles. The van der Waals surface area contributed by atoms with Crippen LogP contribution in [0.15, 0.2) is 28.6 Å². The van der Waals surface area contributed by atoms with Crippen molar-refractivity contribution in [3.05, 3.63) is 45.8 Å². The fraction of sp³-hybridized carbons (Fsp3) is 0.391. The maximum Gasteiger partial charge on any atom is 0.238 e. The molecule has 7 nitrogen and oxygen atoms in total. The van der Waals surface area contributed by atoms with Gasteiger partial charge in [-0.05, 0) is 55.9 Å². The van der Waals surface area contributed by atoms with E-state index in [1.807, 2.05) is 31.2 Å². The van der Waals surface area contributed by atoms with Gasteiger partial charge in [0.05, 0.1) is 17.9 Å². The van der Waals surface area contributed by atoms with Crippen LogP contribution in [0.2, 0.25) is 0 Å².